The summed E-state index contributed by atoms with van der Waals surface area (Å²) >= 11 is 0. The molecule has 1 aromatic rings. The van der Waals surface area contributed by atoms with Gasteiger partial charge in [-0.3, -0.25) is 9.69 Å². The molecule has 3 N–H and O–H groups in total. The molecule has 6 heteroatoms. The lowest BCUT2D eigenvalue weighted by Crippen LogP contribution is -2.33. The van der Waals surface area contributed by atoms with Crippen molar-refractivity contribution in [2.75, 3.05) is 12.4 Å². The van der Waals surface area contributed by atoms with Gasteiger partial charge >= 0.3 is 0 Å². The first-order valence-electron chi connectivity index (χ1n) is 9.48. The average Bonchev–Trinajstić information content (AvgIpc) is 3.04. The van der Waals surface area contributed by atoms with Gasteiger partial charge in [-0.1, -0.05) is 37.5 Å². The second-order valence-electron chi connectivity index (χ2n) is 7.62. The van der Waals surface area contributed by atoms with Gasteiger partial charge in [0.2, 0.25) is 5.91 Å². The van der Waals surface area contributed by atoms with Crippen molar-refractivity contribution < 1.29 is 4.79 Å². The van der Waals surface area contributed by atoms with Crippen molar-refractivity contribution in [3.05, 3.63) is 29.8 Å². The van der Waals surface area contributed by atoms with Crippen LogP contribution in [-0.2, 0) is 11.3 Å². The van der Waals surface area contributed by atoms with Crippen molar-refractivity contribution >= 4 is 36.4 Å². The van der Waals surface area contributed by atoms with Gasteiger partial charge in [0.25, 0.3) is 0 Å². The Morgan fingerprint density at radius 2 is 1.81 bits per heavy atom. The number of anilines is 1. The molecule has 1 amide bonds. The van der Waals surface area contributed by atoms with E-state index >= 15 is 0 Å². The number of halogens is 2. The molecule has 0 radical (unpaired) electrons. The number of amides is 1. The number of nitrogens with one attached hydrogen (secondary N) is 1. The minimum atomic E-state index is 0. The van der Waals surface area contributed by atoms with Crippen LogP contribution in [0.1, 0.15) is 56.9 Å². The molecular weight excluding hydrogens is 369 g/mol. The standard InChI is InChI=1S/C20H31N3O.2ClH/c1-23(18-8-3-2-4-9-18)14-16-7-5-6-10-19(16)22-20(24)15-11-12-17(21)13-15;;/h5-7,10,15,17-18H,2-4,8-9,11-14,21H2,1H3,(H,22,24);2*1H. The lowest BCUT2D eigenvalue weighted by molar-refractivity contribution is -0.119. The molecule has 2 saturated carbocycles. The van der Waals surface area contributed by atoms with Gasteiger partial charge in [0, 0.05) is 30.2 Å². The molecule has 0 saturated heterocycles. The maximum absolute atomic E-state index is 12.5. The summed E-state index contributed by atoms with van der Waals surface area (Å²) in [5.41, 5.74) is 8.12. The molecule has 4 nitrogen and oxygen atoms in total. The van der Waals surface area contributed by atoms with Crippen molar-refractivity contribution in [1.29, 1.82) is 0 Å². The Morgan fingerprint density at radius 1 is 1.12 bits per heavy atom. The first-order valence-corrected chi connectivity index (χ1v) is 9.48. The smallest absolute Gasteiger partial charge is 0.227 e. The third-order valence-electron chi connectivity index (χ3n) is 5.74. The monoisotopic (exact) mass is 401 g/mol. The number of para-hydroxylation sites is 1. The summed E-state index contributed by atoms with van der Waals surface area (Å²) in [6, 6.07) is 9.08. The van der Waals surface area contributed by atoms with Crippen LogP contribution >= 0.6 is 24.8 Å². The van der Waals surface area contributed by atoms with Crippen LogP contribution in [0.25, 0.3) is 0 Å². The van der Waals surface area contributed by atoms with E-state index in [1.54, 1.807) is 0 Å². The van der Waals surface area contributed by atoms with E-state index in [2.05, 4.69) is 29.4 Å². The summed E-state index contributed by atoms with van der Waals surface area (Å²) in [6.45, 7) is 0.894. The molecule has 0 bridgehead atoms. The van der Waals surface area contributed by atoms with E-state index in [1.165, 1.54) is 37.7 Å². The van der Waals surface area contributed by atoms with Crippen LogP contribution in [0.5, 0.6) is 0 Å². The highest BCUT2D eigenvalue weighted by atomic mass is 35.5. The van der Waals surface area contributed by atoms with Gasteiger partial charge in [-0.25, -0.2) is 0 Å². The number of rotatable bonds is 5. The highest BCUT2D eigenvalue weighted by Crippen LogP contribution is 2.28. The van der Waals surface area contributed by atoms with E-state index < -0.39 is 0 Å². The Hall–Kier alpha value is -0.810. The lowest BCUT2D eigenvalue weighted by atomic mass is 9.94. The number of carbonyl (C=O) groups excluding carboxylic acids is 1. The second kappa shape index (κ2) is 11.1. The van der Waals surface area contributed by atoms with Crippen LogP contribution in [0.3, 0.4) is 0 Å². The van der Waals surface area contributed by atoms with Crippen LogP contribution in [0, 0.1) is 5.92 Å². The number of hydrogen-bond acceptors (Lipinski definition) is 3. The zero-order valence-corrected chi connectivity index (χ0v) is 17.3. The Kier molecular flexibility index (Phi) is 9.94. The van der Waals surface area contributed by atoms with E-state index in [4.69, 9.17) is 5.73 Å². The predicted octanol–water partition coefficient (Wildman–Crippen LogP) is 4.36. The van der Waals surface area contributed by atoms with E-state index in [1.807, 2.05) is 12.1 Å². The van der Waals surface area contributed by atoms with Crippen molar-refractivity contribution in [2.24, 2.45) is 11.7 Å². The van der Waals surface area contributed by atoms with Gasteiger partial charge in [0.15, 0.2) is 0 Å². The fourth-order valence-electron chi connectivity index (χ4n) is 4.19. The summed E-state index contributed by atoms with van der Waals surface area (Å²) in [7, 11) is 2.21. The van der Waals surface area contributed by atoms with Gasteiger partial charge in [-0.05, 0) is 50.8 Å². The van der Waals surface area contributed by atoms with Gasteiger partial charge < -0.3 is 11.1 Å². The summed E-state index contributed by atoms with van der Waals surface area (Å²) in [6.07, 6.45) is 9.35. The first-order chi connectivity index (χ1) is 11.6. The third-order valence-corrected chi connectivity index (χ3v) is 5.74. The van der Waals surface area contributed by atoms with Crippen molar-refractivity contribution in [2.45, 2.75) is 70.0 Å². The Bertz CT molecular complexity index is 564. The highest BCUT2D eigenvalue weighted by molar-refractivity contribution is 5.93. The SMILES string of the molecule is CN(Cc1ccccc1NC(=O)C1CCC(N)C1)C1CCCCC1.Cl.Cl. The number of nitrogens with zero attached hydrogens (tertiary/aromatic N) is 1. The molecule has 148 valence electrons. The Balaban J connectivity index is 0.00000169. The number of hydrogen-bond donors (Lipinski definition) is 2. The summed E-state index contributed by atoms with van der Waals surface area (Å²) in [5, 5.41) is 3.16. The highest BCUT2D eigenvalue weighted by Gasteiger charge is 2.28. The third kappa shape index (κ3) is 6.12. The van der Waals surface area contributed by atoms with Crippen LogP contribution < -0.4 is 11.1 Å². The van der Waals surface area contributed by atoms with Gasteiger partial charge in [-0.2, -0.15) is 0 Å². The first kappa shape index (κ1) is 23.2. The normalized spacial score (nSPS) is 23.2. The molecule has 2 aliphatic rings. The molecule has 26 heavy (non-hydrogen) atoms. The Morgan fingerprint density at radius 3 is 2.46 bits per heavy atom. The molecule has 2 unspecified atom stereocenters. The van der Waals surface area contributed by atoms with Crippen molar-refractivity contribution in [1.82, 2.24) is 4.90 Å². The van der Waals surface area contributed by atoms with Crippen LogP contribution in [-0.4, -0.2) is 29.9 Å². The summed E-state index contributed by atoms with van der Waals surface area (Å²) < 4.78 is 0. The van der Waals surface area contributed by atoms with E-state index in [0.717, 1.165) is 31.5 Å². The van der Waals surface area contributed by atoms with Crippen molar-refractivity contribution in [3.63, 3.8) is 0 Å². The number of benzene rings is 1. The molecule has 3 rings (SSSR count). The largest absolute Gasteiger partial charge is 0.328 e. The maximum atomic E-state index is 12.5. The topological polar surface area (TPSA) is 58.4 Å². The molecule has 2 fully saturated rings. The van der Waals surface area contributed by atoms with Crippen LogP contribution in [0.4, 0.5) is 5.69 Å². The second-order valence-corrected chi connectivity index (χ2v) is 7.62. The van der Waals surface area contributed by atoms with E-state index in [9.17, 15) is 4.79 Å². The number of nitrogens with two attached hydrogens (primary N) is 1. The molecule has 0 aromatic heterocycles. The van der Waals surface area contributed by atoms with E-state index in [-0.39, 0.29) is 42.7 Å². The van der Waals surface area contributed by atoms with E-state index in [0.29, 0.717) is 6.04 Å². The van der Waals surface area contributed by atoms with Gasteiger partial charge in [0.1, 0.15) is 0 Å². The van der Waals surface area contributed by atoms with Crippen LogP contribution in [0.15, 0.2) is 24.3 Å². The minimum absolute atomic E-state index is 0. The fourth-order valence-corrected chi connectivity index (χ4v) is 4.19. The number of carbonyl (C=O) groups is 1. The molecule has 0 heterocycles. The molecule has 2 atom stereocenters. The minimum Gasteiger partial charge on any atom is -0.328 e. The summed E-state index contributed by atoms with van der Waals surface area (Å²) in [4.78, 5) is 15.0. The zero-order chi connectivity index (χ0) is 16.9. The fraction of sp³-hybridized carbons (Fsp3) is 0.650. The quantitative estimate of drug-likeness (QED) is 0.770. The maximum Gasteiger partial charge on any atom is 0.227 e. The van der Waals surface area contributed by atoms with Gasteiger partial charge in [0.05, 0.1) is 0 Å². The molecule has 2 aliphatic carbocycles. The molecule has 1 aromatic carbocycles. The summed E-state index contributed by atoms with van der Waals surface area (Å²) in [5.74, 6) is 0.208. The lowest BCUT2D eigenvalue weighted by Gasteiger charge is -2.31. The molecule has 0 spiro atoms. The Labute approximate surface area is 170 Å². The molecular formula is C20H33Cl2N3O. The van der Waals surface area contributed by atoms with Crippen LogP contribution in [0.2, 0.25) is 0 Å². The average molecular weight is 402 g/mol. The molecule has 0 aliphatic heterocycles. The van der Waals surface area contributed by atoms with Gasteiger partial charge in [-0.15, -0.1) is 24.8 Å². The van der Waals surface area contributed by atoms with Crippen molar-refractivity contribution in [3.8, 4) is 0 Å². The predicted molar refractivity (Wildman–Crippen MR) is 113 cm³/mol. The zero-order valence-electron chi connectivity index (χ0n) is 15.7.